The summed E-state index contributed by atoms with van der Waals surface area (Å²) in [6.45, 7) is 0. The molecule has 0 radical (unpaired) electrons. The smallest absolute Gasteiger partial charge is 0.0629 e. The molecule has 7 aromatic rings. The fourth-order valence-corrected chi connectivity index (χ4v) is 7.27. The number of fused-ring (bicyclic) bond motifs is 6. The summed E-state index contributed by atoms with van der Waals surface area (Å²) in [5.74, 6) is 0.312. The van der Waals surface area contributed by atoms with Gasteiger partial charge in [-0.3, -0.25) is 0 Å². The Bertz CT molecular complexity index is 2220. The third-order valence-electron chi connectivity index (χ3n) is 9.32. The van der Waals surface area contributed by atoms with Crippen molar-refractivity contribution in [2.75, 3.05) is 4.90 Å². The molecule has 208 valence electrons. The van der Waals surface area contributed by atoms with Gasteiger partial charge in [0.15, 0.2) is 0 Å². The lowest BCUT2D eigenvalue weighted by atomic mass is 9.89. The molecule has 2 atom stereocenters. The summed E-state index contributed by atoms with van der Waals surface area (Å²) >= 11 is 0. The Morgan fingerprint density at radius 3 is 1.91 bits per heavy atom. The molecular weight excluding hydrogens is 532 g/mol. The summed E-state index contributed by atoms with van der Waals surface area (Å²) in [7, 11) is 0. The average molecular weight is 563 g/mol. The minimum atomic E-state index is 0.263. The Labute approximate surface area is 257 Å². The lowest BCUT2D eigenvalue weighted by Crippen LogP contribution is -2.28. The minimum absolute atomic E-state index is 0.263. The molecule has 2 nitrogen and oxygen atoms in total. The summed E-state index contributed by atoms with van der Waals surface area (Å²) in [6.07, 6.45) is 9.10. The third-order valence-corrected chi connectivity index (χ3v) is 9.32. The number of nitrogens with zero attached hydrogens (tertiary/aromatic N) is 2. The highest BCUT2D eigenvalue weighted by Gasteiger charge is 2.37. The number of hydrogen-bond acceptors (Lipinski definition) is 1. The summed E-state index contributed by atoms with van der Waals surface area (Å²) in [5, 5.41) is 2.56. The van der Waals surface area contributed by atoms with Crippen molar-refractivity contribution in [2.45, 2.75) is 12.0 Å². The van der Waals surface area contributed by atoms with Crippen molar-refractivity contribution in [2.24, 2.45) is 0 Å². The maximum Gasteiger partial charge on any atom is 0.0629 e. The van der Waals surface area contributed by atoms with Crippen LogP contribution < -0.4 is 4.90 Å². The topological polar surface area (TPSA) is 8.17 Å². The molecule has 0 bridgehead atoms. The molecule has 1 aliphatic carbocycles. The molecule has 2 heteroatoms. The molecule has 1 aliphatic heterocycles. The van der Waals surface area contributed by atoms with E-state index in [0.717, 1.165) is 0 Å². The number of allylic oxidation sites excluding steroid dienone is 2. The van der Waals surface area contributed by atoms with Crippen molar-refractivity contribution in [1.29, 1.82) is 0 Å². The minimum Gasteiger partial charge on any atom is -0.333 e. The van der Waals surface area contributed by atoms with Gasteiger partial charge in [-0.25, -0.2) is 0 Å². The second-order valence-electron chi connectivity index (χ2n) is 11.8. The van der Waals surface area contributed by atoms with Gasteiger partial charge in [0.05, 0.1) is 17.1 Å². The molecule has 0 N–H and O–H groups in total. The molecule has 2 heterocycles. The van der Waals surface area contributed by atoms with Crippen molar-refractivity contribution < 1.29 is 0 Å². The van der Waals surface area contributed by atoms with E-state index in [0.29, 0.717) is 5.92 Å². The lowest BCUT2D eigenvalue weighted by molar-refractivity contribution is 0.745. The van der Waals surface area contributed by atoms with Gasteiger partial charge in [-0.2, -0.15) is 0 Å². The summed E-state index contributed by atoms with van der Waals surface area (Å²) in [5.41, 5.74) is 12.5. The maximum absolute atomic E-state index is 2.51. The first-order valence-electron chi connectivity index (χ1n) is 15.4. The third kappa shape index (κ3) is 3.88. The van der Waals surface area contributed by atoms with Crippen molar-refractivity contribution >= 4 is 33.2 Å². The molecule has 44 heavy (non-hydrogen) atoms. The van der Waals surface area contributed by atoms with E-state index in [4.69, 9.17) is 0 Å². The van der Waals surface area contributed by atoms with Gasteiger partial charge in [0.25, 0.3) is 0 Å². The monoisotopic (exact) mass is 562 g/mol. The van der Waals surface area contributed by atoms with Crippen LogP contribution in [0.15, 0.2) is 170 Å². The fourth-order valence-electron chi connectivity index (χ4n) is 7.27. The zero-order valence-corrected chi connectivity index (χ0v) is 24.2. The normalized spacial score (nSPS) is 16.9. The highest BCUT2D eigenvalue weighted by Crippen LogP contribution is 2.49. The molecule has 9 rings (SSSR count). The summed E-state index contributed by atoms with van der Waals surface area (Å²) in [4.78, 5) is 2.51. The average Bonchev–Trinajstić information content (AvgIpc) is 3.61. The van der Waals surface area contributed by atoms with Crippen LogP contribution in [0.3, 0.4) is 0 Å². The first-order chi connectivity index (χ1) is 21.8. The molecular formula is C42H30N2. The Balaban J connectivity index is 1.14. The van der Waals surface area contributed by atoms with Crippen LogP contribution in [-0.2, 0) is 0 Å². The molecule has 0 spiro atoms. The fraction of sp³-hybridized carbons (Fsp3) is 0.0476. The molecule has 0 saturated carbocycles. The van der Waals surface area contributed by atoms with Crippen molar-refractivity contribution in [1.82, 2.24) is 4.57 Å². The number of anilines is 2. The van der Waals surface area contributed by atoms with E-state index in [1.54, 1.807) is 0 Å². The Morgan fingerprint density at radius 1 is 0.432 bits per heavy atom. The zero-order chi connectivity index (χ0) is 29.0. The van der Waals surface area contributed by atoms with E-state index in [-0.39, 0.29) is 6.04 Å². The van der Waals surface area contributed by atoms with Gasteiger partial charge in [0.1, 0.15) is 0 Å². The predicted octanol–water partition coefficient (Wildman–Crippen LogP) is 10.8. The van der Waals surface area contributed by atoms with E-state index in [9.17, 15) is 0 Å². The van der Waals surface area contributed by atoms with Gasteiger partial charge in [0, 0.05) is 33.8 Å². The Kier molecular flexibility index (Phi) is 5.67. The van der Waals surface area contributed by atoms with Crippen molar-refractivity contribution in [3.8, 4) is 27.9 Å². The number of aromatic nitrogens is 1. The maximum atomic E-state index is 2.51. The van der Waals surface area contributed by atoms with Crippen molar-refractivity contribution in [3.63, 3.8) is 0 Å². The summed E-state index contributed by atoms with van der Waals surface area (Å²) in [6, 6.07) is 53.3. The molecule has 0 fully saturated rings. The molecule has 2 aliphatic rings. The first-order valence-corrected chi connectivity index (χ1v) is 15.4. The van der Waals surface area contributed by atoms with Gasteiger partial charge in [-0.15, -0.1) is 0 Å². The highest BCUT2D eigenvalue weighted by atomic mass is 15.2. The molecule has 2 unspecified atom stereocenters. The standard InChI is InChI=1S/C42H30N2/c1-3-11-29(12-4-1)30-19-23-34(24-20-30)44-40-18-10-8-16-36(40)38-28-32(22-26-42(38)44)31-21-25-41-37(27-31)35-15-7-9-17-39(35)43(41)33-13-5-2-6-14-33/h1-28,36,40H. The van der Waals surface area contributed by atoms with E-state index in [2.05, 4.69) is 179 Å². The van der Waals surface area contributed by atoms with Gasteiger partial charge in [0.2, 0.25) is 0 Å². The lowest BCUT2D eigenvalue weighted by Gasteiger charge is -2.28. The van der Waals surface area contributed by atoms with E-state index < -0.39 is 0 Å². The van der Waals surface area contributed by atoms with E-state index in [1.165, 1.54) is 66.7 Å². The van der Waals surface area contributed by atoms with Crippen LogP contribution in [0.5, 0.6) is 0 Å². The quantitative estimate of drug-likeness (QED) is 0.207. The number of rotatable bonds is 4. The molecule has 0 saturated heterocycles. The van der Waals surface area contributed by atoms with Crippen LogP contribution in [0, 0.1) is 0 Å². The van der Waals surface area contributed by atoms with Crippen LogP contribution in [0.25, 0.3) is 49.7 Å². The Morgan fingerprint density at radius 2 is 1.07 bits per heavy atom. The SMILES string of the molecule is C1=CC2c3cc(-c4ccc5c(c4)c4ccccc4n5-c4ccccc4)ccc3N(c3ccc(-c4ccccc4)cc3)C2C=C1. The van der Waals surface area contributed by atoms with Crippen LogP contribution in [0.4, 0.5) is 11.4 Å². The Hall–Kier alpha value is -5.60. The van der Waals surface area contributed by atoms with Gasteiger partial charge < -0.3 is 9.47 Å². The van der Waals surface area contributed by atoms with E-state index in [1.807, 2.05) is 0 Å². The van der Waals surface area contributed by atoms with Crippen LogP contribution in [0.1, 0.15) is 11.5 Å². The number of para-hydroxylation sites is 2. The molecule has 6 aromatic carbocycles. The number of benzene rings is 6. The molecule has 1 aromatic heterocycles. The second-order valence-corrected chi connectivity index (χ2v) is 11.8. The van der Waals surface area contributed by atoms with Crippen molar-refractivity contribution in [3.05, 3.63) is 175 Å². The number of hydrogen-bond donors (Lipinski definition) is 0. The van der Waals surface area contributed by atoms with Crippen LogP contribution in [-0.4, -0.2) is 10.6 Å². The summed E-state index contributed by atoms with van der Waals surface area (Å²) < 4.78 is 2.38. The first kappa shape index (κ1) is 24.9. The predicted molar refractivity (Wildman–Crippen MR) is 185 cm³/mol. The largest absolute Gasteiger partial charge is 0.333 e. The van der Waals surface area contributed by atoms with Gasteiger partial charge >= 0.3 is 0 Å². The van der Waals surface area contributed by atoms with E-state index >= 15 is 0 Å². The zero-order valence-electron chi connectivity index (χ0n) is 24.2. The van der Waals surface area contributed by atoms with Gasteiger partial charge in [-0.1, -0.05) is 115 Å². The van der Waals surface area contributed by atoms with Crippen LogP contribution in [0.2, 0.25) is 0 Å². The van der Waals surface area contributed by atoms with Gasteiger partial charge in [-0.05, 0) is 82.4 Å². The second kappa shape index (κ2) is 10.00. The van der Waals surface area contributed by atoms with Crippen LogP contribution >= 0.6 is 0 Å². The highest BCUT2D eigenvalue weighted by molar-refractivity contribution is 6.10. The molecule has 0 amide bonds.